The van der Waals surface area contributed by atoms with Crippen LogP contribution in [0.5, 0.6) is 0 Å². The zero-order valence-corrected chi connectivity index (χ0v) is 12.6. The standard InChI is InChI=1S/C15H22N4O/c1-10(2)12-7-13(18-14(17-12)11(3)4)19-8-15(20,9-19)5-6-16/h7,10-11,20H,5,8-9H2,1-4H3. The first-order valence-electron chi connectivity index (χ1n) is 7.08. The van der Waals surface area contributed by atoms with Crippen LogP contribution in [-0.2, 0) is 0 Å². The number of nitriles is 1. The van der Waals surface area contributed by atoms with E-state index in [9.17, 15) is 5.11 Å². The quantitative estimate of drug-likeness (QED) is 0.911. The second kappa shape index (κ2) is 5.37. The Morgan fingerprint density at radius 2 is 1.95 bits per heavy atom. The molecular formula is C15H22N4O. The van der Waals surface area contributed by atoms with E-state index in [-0.39, 0.29) is 12.3 Å². The van der Waals surface area contributed by atoms with E-state index >= 15 is 0 Å². The Hall–Kier alpha value is -1.67. The van der Waals surface area contributed by atoms with Crippen molar-refractivity contribution in [2.75, 3.05) is 18.0 Å². The predicted molar refractivity (Wildman–Crippen MR) is 77.6 cm³/mol. The van der Waals surface area contributed by atoms with Crippen molar-refractivity contribution in [1.82, 2.24) is 9.97 Å². The summed E-state index contributed by atoms with van der Waals surface area (Å²) in [7, 11) is 0. The molecule has 2 rings (SSSR count). The van der Waals surface area contributed by atoms with Crippen LogP contribution in [0.4, 0.5) is 5.82 Å². The molecule has 5 heteroatoms. The average molecular weight is 274 g/mol. The average Bonchev–Trinajstić information content (AvgIpc) is 2.35. The van der Waals surface area contributed by atoms with Gasteiger partial charge in [-0.1, -0.05) is 27.7 Å². The predicted octanol–water partition coefficient (Wildman–Crippen LogP) is 2.19. The Bertz CT molecular complexity index is 501. The molecule has 0 aliphatic carbocycles. The summed E-state index contributed by atoms with van der Waals surface area (Å²) in [6, 6.07) is 4.02. The molecule has 0 spiro atoms. The van der Waals surface area contributed by atoms with Gasteiger partial charge in [-0.05, 0) is 5.92 Å². The third-order valence-corrected chi connectivity index (χ3v) is 3.56. The number of β-amino-alcohol motifs (C(OH)–C–C–N with tert-alkyl or cyclic N) is 1. The summed E-state index contributed by atoms with van der Waals surface area (Å²) >= 11 is 0. The third-order valence-electron chi connectivity index (χ3n) is 3.56. The summed E-state index contributed by atoms with van der Waals surface area (Å²) in [6.45, 7) is 9.30. The van der Waals surface area contributed by atoms with E-state index in [4.69, 9.17) is 5.26 Å². The second-order valence-corrected chi connectivity index (χ2v) is 6.23. The van der Waals surface area contributed by atoms with Gasteiger partial charge in [-0.2, -0.15) is 5.26 Å². The normalized spacial score (nSPS) is 17.2. The van der Waals surface area contributed by atoms with E-state index in [1.54, 1.807) is 0 Å². The highest BCUT2D eigenvalue weighted by molar-refractivity contribution is 5.46. The molecule has 5 nitrogen and oxygen atoms in total. The van der Waals surface area contributed by atoms with E-state index in [1.807, 2.05) is 17.0 Å². The van der Waals surface area contributed by atoms with Crippen molar-refractivity contribution in [2.45, 2.75) is 51.6 Å². The van der Waals surface area contributed by atoms with E-state index in [2.05, 4.69) is 37.7 Å². The lowest BCUT2D eigenvalue weighted by atomic mass is 9.91. The van der Waals surface area contributed by atoms with Gasteiger partial charge in [0.1, 0.15) is 17.2 Å². The summed E-state index contributed by atoms with van der Waals surface area (Å²) in [4.78, 5) is 11.2. The van der Waals surface area contributed by atoms with Gasteiger partial charge in [0.2, 0.25) is 0 Å². The molecule has 0 saturated carbocycles. The lowest BCUT2D eigenvalue weighted by molar-refractivity contribution is 0.0161. The summed E-state index contributed by atoms with van der Waals surface area (Å²) in [6.07, 6.45) is 0.169. The molecule has 1 saturated heterocycles. The minimum Gasteiger partial charge on any atom is -0.385 e. The zero-order chi connectivity index (χ0) is 14.9. The summed E-state index contributed by atoms with van der Waals surface area (Å²) < 4.78 is 0. The fraction of sp³-hybridized carbons (Fsp3) is 0.667. The molecular weight excluding hydrogens is 252 g/mol. The van der Waals surface area contributed by atoms with Gasteiger partial charge in [0, 0.05) is 17.7 Å². The smallest absolute Gasteiger partial charge is 0.133 e. The summed E-state index contributed by atoms with van der Waals surface area (Å²) in [5.41, 5.74) is 0.143. The molecule has 1 aromatic rings. The topological polar surface area (TPSA) is 73.0 Å². The fourth-order valence-corrected chi connectivity index (χ4v) is 2.27. The minimum atomic E-state index is -0.879. The van der Waals surface area contributed by atoms with Crippen LogP contribution in [0.1, 0.15) is 57.5 Å². The van der Waals surface area contributed by atoms with Crippen LogP contribution in [-0.4, -0.2) is 33.8 Å². The van der Waals surface area contributed by atoms with Gasteiger partial charge in [0.15, 0.2) is 0 Å². The van der Waals surface area contributed by atoms with E-state index in [0.717, 1.165) is 17.3 Å². The van der Waals surface area contributed by atoms with E-state index in [1.165, 1.54) is 0 Å². The van der Waals surface area contributed by atoms with Gasteiger partial charge >= 0.3 is 0 Å². The molecule has 1 aliphatic heterocycles. The van der Waals surface area contributed by atoms with Crippen molar-refractivity contribution in [3.05, 3.63) is 17.6 Å². The Kier molecular flexibility index (Phi) is 3.96. The number of aliphatic hydroxyl groups is 1. The number of hydrogen-bond acceptors (Lipinski definition) is 5. The Morgan fingerprint density at radius 3 is 2.45 bits per heavy atom. The molecule has 108 valence electrons. The monoisotopic (exact) mass is 274 g/mol. The fourth-order valence-electron chi connectivity index (χ4n) is 2.27. The highest BCUT2D eigenvalue weighted by Crippen LogP contribution is 2.30. The molecule has 1 aromatic heterocycles. The number of rotatable bonds is 4. The Morgan fingerprint density at radius 1 is 1.30 bits per heavy atom. The third kappa shape index (κ3) is 2.91. The zero-order valence-electron chi connectivity index (χ0n) is 12.6. The first kappa shape index (κ1) is 14.7. The van der Waals surface area contributed by atoms with Gasteiger partial charge in [-0.25, -0.2) is 9.97 Å². The SMILES string of the molecule is CC(C)c1cc(N2CC(O)(CC#N)C2)nc(C(C)C)n1. The molecule has 0 atom stereocenters. The molecule has 0 unspecified atom stereocenters. The largest absolute Gasteiger partial charge is 0.385 e. The molecule has 0 amide bonds. The Balaban J connectivity index is 2.23. The van der Waals surface area contributed by atoms with Crippen LogP contribution in [0, 0.1) is 11.3 Å². The number of nitrogens with zero attached hydrogens (tertiary/aromatic N) is 4. The van der Waals surface area contributed by atoms with Crippen molar-refractivity contribution >= 4 is 5.82 Å². The van der Waals surface area contributed by atoms with Crippen LogP contribution in [0.25, 0.3) is 0 Å². The number of anilines is 1. The maximum atomic E-state index is 10.1. The molecule has 0 aromatic carbocycles. The van der Waals surface area contributed by atoms with E-state index in [0.29, 0.717) is 19.0 Å². The first-order valence-corrected chi connectivity index (χ1v) is 7.08. The van der Waals surface area contributed by atoms with Crippen LogP contribution < -0.4 is 4.90 Å². The van der Waals surface area contributed by atoms with Crippen LogP contribution in [0.3, 0.4) is 0 Å². The lowest BCUT2D eigenvalue weighted by Crippen LogP contribution is -2.62. The van der Waals surface area contributed by atoms with Crippen LogP contribution >= 0.6 is 0 Å². The lowest BCUT2D eigenvalue weighted by Gasteiger charge is -2.46. The minimum absolute atomic E-state index is 0.169. The van der Waals surface area contributed by atoms with Crippen molar-refractivity contribution < 1.29 is 5.11 Å². The highest BCUT2D eigenvalue weighted by Gasteiger charge is 2.42. The van der Waals surface area contributed by atoms with Crippen molar-refractivity contribution in [2.24, 2.45) is 0 Å². The molecule has 20 heavy (non-hydrogen) atoms. The van der Waals surface area contributed by atoms with Crippen LogP contribution in [0.2, 0.25) is 0 Å². The summed E-state index contributed by atoms with van der Waals surface area (Å²) in [5.74, 6) is 2.30. The molecule has 1 N–H and O–H groups in total. The molecule has 1 fully saturated rings. The van der Waals surface area contributed by atoms with Gasteiger partial charge in [-0.15, -0.1) is 0 Å². The molecule has 0 radical (unpaired) electrons. The summed E-state index contributed by atoms with van der Waals surface area (Å²) in [5, 5.41) is 18.8. The number of hydrogen-bond donors (Lipinski definition) is 1. The second-order valence-electron chi connectivity index (χ2n) is 6.23. The van der Waals surface area contributed by atoms with Crippen molar-refractivity contribution in [3.8, 4) is 6.07 Å². The highest BCUT2D eigenvalue weighted by atomic mass is 16.3. The maximum Gasteiger partial charge on any atom is 0.133 e. The molecule has 2 heterocycles. The first-order chi connectivity index (χ1) is 9.34. The van der Waals surface area contributed by atoms with E-state index < -0.39 is 5.60 Å². The van der Waals surface area contributed by atoms with Gasteiger partial charge < -0.3 is 10.0 Å². The van der Waals surface area contributed by atoms with Gasteiger partial charge in [-0.3, -0.25) is 0 Å². The van der Waals surface area contributed by atoms with Crippen LogP contribution in [0.15, 0.2) is 6.07 Å². The van der Waals surface area contributed by atoms with Gasteiger partial charge in [0.25, 0.3) is 0 Å². The maximum absolute atomic E-state index is 10.1. The molecule has 0 bridgehead atoms. The molecule has 1 aliphatic rings. The number of aromatic nitrogens is 2. The Labute approximate surface area is 120 Å². The van der Waals surface area contributed by atoms with Crippen molar-refractivity contribution in [3.63, 3.8) is 0 Å². The van der Waals surface area contributed by atoms with Gasteiger partial charge in [0.05, 0.1) is 25.6 Å². The van der Waals surface area contributed by atoms with Crippen molar-refractivity contribution in [1.29, 1.82) is 5.26 Å².